The molecule has 2 aliphatic rings. The first kappa shape index (κ1) is 16.0. The van der Waals surface area contributed by atoms with Crippen LogP contribution in [-0.4, -0.2) is 77.0 Å². The minimum absolute atomic E-state index is 0.00969. The van der Waals surface area contributed by atoms with Gasteiger partial charge < -0.3 is 24.7 Å². The maximum atomic E-state index is 12.7. The Labute approximate surface area is 124 Å². The second-order valence-corrected chi connectivity index (χ2v) is 5.66. The Morgan fingerprint density at radius 2 is 1.90 bits per heavy atom. The van der Waals surface area contributed by atoms with Gasteiger partial charge in [-0.2, -0.15) is 0 Å². The SMILES string of the molecule is O=C(O)CCC1CCCCN1C(=O)N1CCOCC1CO. The van der Waals surface area contributed by atoms with Crippen LogP contribution in [0.25, 0.3) is 0 Å². The Morgan fingerprint density at radius 3 is 2.62 bits per heavy atom. The number of piperidine rings is 1. The van der Waals surface area contributed by atoms with Gasteiger partial charge in [-0.05, 0) is 25.7 Å². The summed E-state index contributed by atoms with van der Waals surface area (Å²) in [6, 6.07) is -0.398. The van der Waals surface area contributed by atoms with Gasteiger partial charge in [0, 0.05) is 25.6 Å². The van der Waals surface area contributed by atoms with Crippen LogP contribution in [0.15, 0.2) is 0 Å². The van der Waals surface area contributed by atoms with Crippen LogP contribution in [0.2, 0.25) is 0 Å². The highest BCUT2D eigenvalue weighted by atomic mass is 16.5. The number of hydrogen-bond donors (Lipinski definition) is 2. The summed E-state index contributed by atoms with van der Waals surface area (Å²) in [6.07, 6.45) is 3.41. The summed E-state index contributed by atoms with van der Waals surface area (Å²) in [5, 5.41) is 18.2. The molecule has 7 heteroatoms. The Balaban J connectivity index is 2.01. The molecule has 0 bridgehead atoms. The van der Waals surface area contributed by atoms with Crippen LogP contribution in [0.5, 0.6) is 0 Å². The molecule has 2 amide bonds. The van der Waals surface area contributed by atoms with Crippen molar-refractivity contribution >= 4 is 12.0 Å². The van der Waals surface area contributed by atoms with E-state index in [1.54, 1.807) is 9.80 Å². The zero-order valence-corrected chi connectivity index (χ0v) is 12.2. The van der Waals surface area contributed by atoms with E-state index in [-0.39, 0.29) is 31.1 Å². The molecule has 0 radical (unpaired) electrons. The predicted molar refractivity (Wildman–Crippen MR) is 75.0 cm³/mol. The Hall–Kier alpha value is -1.34. The first-order chi connectivity index (χ1) is 10.1. The number of carbonyl (C=O) groups excluding carboxylic acids is 1. The number of urea groups is 1. The van der Waals surface area contributed by atoms with Crippen molar-refractivity contribution in [2.24, 2.45) is 0 Å². The van der Waals surface area contributed by atoms with Crippen molar-refractivity contribution in [3.8, 4) is 0 Å². The molecule has 2 rings (SSSR count). The lowest BCUT2D eigenvalue weighted by Crippen LogP contribution is -2.57. The van der Waals surface area contributed by atoms with Crippen molar-refractivity contribution < 1.29 is 24.5 Å². The maximum Gasteiger partial charge on any atom is 0.320 e. The van der Waals surface area contributed by atoms with E-state index in [9.17, 15) is 14.7 Å². The number of carboxylic acids is 1. The molecule has 120 valence electrons. The molecule has 2 fully saturated rings. The smallest absolute Gasteiger partial charge is 0.320 e. The Morgan fingerprint density at radius 1 is 1.14 bits per heavy atom. The van der Waals surface area contributed by atoms with Crippen molar-refractivity contribution in [2.45, 2.75) is 44.2 Å². The second-order valence-electron chi connectivity index (χ2n) is 5.66. The monoisotopic (exact) mass is 300 g/mol. The summed E-state index contributed by atoms with van der Waals surface area (Å²) < 4.78 is 5.30. The van der Waals surface area contributed by atoms with Gasteiger partial charge in [-0.15, -0.1) is 0 Å². The van der Waals surface area contributed by atoms with Crippen LogP contribution < -0.4 is 0 Å². The minimum atomic E-state index is -0.826. The number of carboxylic acid groups (broad SMARTS) is 1. The van der Waals surface area contributed by atoms with Crippen LogP contribution in [0.3, 0.4) is 0 Å². The van der Waals surface area contributed by atoms with Gasteiger partial charge >= 0.3 is 12.0 Å². The quantitative estimate of drug-likeness (QED) is 0.790. The summed E-state index contributed by atoms with van der Waals surface area (Å²) >= 11 is 0. The van der Waals surface area contributed by atoms with Crippen LogP contribution >= 0.6 is 0 Å². The fourth-order valence-electron chi connectivity index (χ4n) is 3.07. The predicted octanol–water partition coefficient (Wildman–Crippen LogP) is 0.519. The lowest BCUT2D eigenvalue weighted by molar-refractivity contribution is -0.137. The number of aliphatic carboxylic acids is 1. The number of nitrogens with zero attached hydrogens (tertiary/aromatic N) is 2. The first-order valence-electron chi connectivity index (χ1n) is 7.61. The van der Waals surface area contributed by atoms with E-state index in [0.717, 1.165) is 19.3 Å². The summed E-state index contributed by atoms with van der Waals surface area (Å²) in [4.78, 5) is 26.9. The number of likely N-dealkylation sites (tertiary alicyclic amines) is 1. The third kappa shape index (κ3) is 4.07. The number of hydrogen-bond acceptors (Lipinski definition) is 4. The molecule has 0 aromatic heterocycles. The molecule has 0 saturated carbocycles. The molecular formula is C14H24N2O5. The average molecular weight is 300 g/mol. The zero-order chi connectivity index (χ0) is 15.2. The molecule has 21 heavy (non-hydrogen) atoms. The largest absolute Gasteiger partial charge is 0.481 e. The van der Waals surface area contributed by atoms with Gasteiger partial charge in [0.2, 0.25) is 0 Å². The highest BCUT2D eigenvalue weighted by Crippen LogP contribution is 2.23. The summed E-state index contributed by atoms with van der Waals surface area (Å²) in [7, 11) is 0. The number of aliphatic hydroxyl groups excluding tert-OH is 1. The Bertz CT molecular complexity index is 376. The number of morpholine rings is 1. The van der Waals surface area contributed by atoms with E-state index >= 15 is 0 Å². The Kier molecular flexibility index (Phi) is 5.81. The first-order valence-corrected chi connectivity index (χ1v) is 7.61. The van der Waals surface area contributed by atoms with E-state index < -0.39 is 5.97 Å². The van der Waals surface area contributed by atoms with Crippen molar-refractivity contribution in [1.29, 1.82) is 0 Å². The van der Waals surface area contributed by atoms with Crippen molar-refractivity contribution in [1.82, 2.24) is 9.80 Å². The van der Waals surface area contributed by atoms with E-state index in [1.165, 1.54) is 0 Å². The van der Waals surface area contributed by atoms with E-state index in [2.05, 4.69) is 0 Å². The van der Waals surface area contributed by atoms with Crippen LogP contribution in [0.1, 0.15) is 32.1 Å². The summed E-state index contributed by atoms with van der Waals surface area (Å²) in [5.74, 6) is -0.826. The van der Waals surface area contributed by atoms with Gasteiger partial charge in [0.05, 0.1) is 25.9 Å². The molecule has 2 heterocycles. The van der Waals surface area contributed by atoms with Gasteiger partial charge in [0.25, 0.3) is 0 Å². The molecule has 0 aromatic carbocycles. The fourth-order valence-corrected chi connectivity index (χ4v) is 3.07. The molecule has 0 aromatic rings. The molecule has 2 N–H and O–H groups in total. The van der Waals surface area contributed by atoms with E-state index in [0.29, 0.717) is 32.7 Å². The maximum absolute atomic E-state index is 12.7. The fraction of sp³-hybridized carbons (Fsp3) is 0.857. The van der Waals surface area contributed by atoms with E-state index in [1.807, 2.05) is 0 Å². The second kappa shape index (κ2) is 7.61. The van der Waals surface area contributed by atoms with E-state index in [4.69, 9.17) is 9.84 Å². The van der Waals surface area contributed by atoms with Crippen LogP contribution in [0.4, 0.5) is 4.79 Å². The molecule has 2 saturated heterocycles. The zero-order valence-electron chi connectivity index (χ0n) is 12.2. The summed E-state index contributed by atoms with van der Waals surface area (Å²) in [6.45, 7) is 1.87. The molecule has 2 aliphatic heterocycles. The molecule has 0 spiro atoms. The number of aliphatic hydroxyl groups is 1. The molecular weight excluding hydrogens is 276 g/mol. The minimum Gasteiger partial charge on any atom is -0.481 e. The lowest BCUT2D eigenvalue weighted by atomic mass is 9.98. The lowest BCUT2D eigenvalue weighted by Gasteiger charge is -2.42. The third-order valence-corrected chi connectivity index (χ3v) is 4.25. The normalized spacial score (nSPS) is 26.7. The van der Waals surface area contributed by atoms with Gasteiger partial charge in [-0.25, -0.2) is 4.79 Å². The van der Waals surface area contributed by atoms with Gasteiger partial charge in [0.15, 0.2) is 0 Å². The number of ether oxygens (including phenoxy) is 1. The van der Waals surface area contributed by atoms with Gasteiger partial charge in [-0.3, -0.25) is 4.79 Å². The highest BCUT2D eigenvalue weighted by molar-refractivity contribution is 5.75. The number of amides is 2. The number of rotatable bonds is 4. The van der Waals surface area contributed by atoms with Gasteiger partial charge in [0.1, 0.15) is 0 Å². The number of carbonyl (C=O) groups is 2. The van der Waals surface area contributed by atoms with Crippen molar-refractivity contribution in [3.63, 3.8) is 0 Å². The van der Waals surface area contributed by atoms with Gasteiger partial charge in [-0.1, -0.05) is 0 Å². The summed E-state index contributed by atoms with van der Waals surface area (Å²) in [5.41, 5.74) is 0. The van der Waals surface area contributed by atoms with Crippen LogP contribution in [0, 0.1) is 0 Å². The molecule has 2 atom stereocenters. The molecule has 2 unspecified atom stereocenters. The highest BCUT2D eigenvalue weighted by Gasteiger charge is 2.34. The third-order valence-electron chi connectivity index (χ3n) is 4.25. The van der Waals surface area contributed by atoms with Crippen LogP contribution in [-0.2, 0) is 9.53 Å². The average Bonchev–Trinajstić information content (AvgIpc) is 2.52. The standard InChI is InChI=1S/C14H24N2O5/c17-9-12-10-21-8-7-16(12)14(20)15-6-2-1-3-11(15)4-5-13(18)19/h11-12,17H,1-10H2,(H,18,19). The van der Waals surface area contributed by atoms with Crippen molar-refractivity contribution in [2.75, 3.05) is 32.9 Å². The molecule has 7 nitrogen and oxygen atoms in total. The van der Waals surface area contributed by atoms with Crippen molar-refractivity contribution in [3.05, 3.63) is 0 Å². The molecule has 0 aliphatic carbocycles. The topological polar surface area (TPSA) is 90.3 Å².